The number of thiazole rings is 1. The van der Waals surface area contributed by atoms with Crippen LogP contribution in [0.5, 0.6) is 0 Å². The average Bonchev–Trinajstić information content (AvgIpc) is 3.14. The van der Waals surface area contributed by atoms with Crippen LogP contribution in [0.15, 0.2) is 32.5 Å². The Balaban J connectivity index is 2.23. The molecule has 0 aromatic carbocycles. The molecule has 0 aliphatic rings. The molecule has 0 fully saturated rings. The van der Waals surface area contributed by atoms with Crippen LogP contribution in [0, 0.1) is 0 Å². The molecular weight excluding hydrogens is 308 g/mol. The second-order valence-electron chi connectivity index (χ2n) is 4.48. The predicted octanol–water partition coefficient (Wildman–Crippen LogP) is 1.52. The van der Waals surface area contributed by atoms with Gasteiger partial charge in [0.1, 0.15) is 16.4 Å². The molecule has 6 nitrogen and oxygen atoms in total. The molecule has 3 rings (SSSR count). The monoisotopic (exact) mass is 320 g/mol. The number of nitrogens with two attached hydrogens (primary N) is 1. The Morgan fingerprint density at radius 3 is 2.62 bits per heavy atom. The van der Waals surface area contributed by atoms with E-state index in [9.17, 15) is 9.59 Å². The Kier molecular flexibility index (Phi) is 3.26. The van der Waals surface area contributed by atoms with Crippen LogP contribution in [0.1, 0.15) is 0 Å². The van der Waals surface area contributed by atoms with Gasteiger partial charge in [-0.1, -0.05) is 6.07 Å². The third kappa shape index (κ3) is 2.12. The van der Waals surface area contributed by atoms with E-state index in [4.69, 9.17) is 5.73 Å². The standard InChI is InChI=1S/C13H12N4O2S2/c1-16-10(14)9(12(18)17(2)13(16)19)7-6-21-11(15-7)8-4-3-5-20-8/h3-6H,14H2,1-2H3. The van der Waals surface area contributed by atoms with E-state index < -0.39 is 11.2 Å². The summed E-state index contributed by atoms with van der Waals surface area (Å²) in [6, 6.07) is 3.91. The van der Waals surface area contributed by atoms with Gasteiger partial charge in [-0.05, 0) is 11.4 Å². The van der Waals surface area contributed by atoms with Crippen molar-refractivity contribution in [1.82, 2.24) is 14.1 Å². The first-order chi connectivity index (χ1) is 10.0. The summed E-state index contributed by atoms with van der Waals surface area (Å²) >= 11 is 3.02. The van der Waals surface area contributed by atoms with Crippen molar-refractivity contribution in [1.29, 1.82) is 0 Å². The zero-order chi connectivity index (χ0) is 15.1. The fraction of sp³-hybridized carbons (Fsp3) is 0.154. The molecule has 0 saturated carbocycles. The molecule has 0 amide bonds. The molecule has 0 bridgehead atoms. The molecule has 0 aliphatic carbocycles. The van der Waals surface area contributed by atoms with E-state index in [0.29, 0.717) is 5.69 Å². The molecular formula is C13H12N4O2S2. The number of aromatic nitrogens is 3. The van der Waals surface area contributed by atoms with Gasteiger partial charge in [0.2, 0.25) is 0 Å². The Hall–Kier alpha value is -2.19. The minimum atomic E-state index is -0.449. The summed E-state index contributed by atoms with van der Waals surface area (Å²) in [5.41, 5.74) is 5.81. The number of nitrogen functional groups attached to an aromatic ring is 1. The number of hydrogen-bond acceptors (Lipinski definition) is 6. The van der Waals surface area contributed by atoms with Crippen LogP contribution in [-0.4, -0.2) is 14.1 Å². The first-order valence-electron chi connectivity index (χ1n) is 6.06. The lowest BCUT2D eigenvalue weighted by molar-refractivity contribution is 0.696. The summed E-state index contributed by atoms with van der Waals surface area (Å²) in [4.78, 5) is 29.6. The molecule has 21 heavy (non-hydrogen) atoms. The van der Waals surface area contributed by atoms with Crippen molar-refractivity contribution in [3.05, 3.63) is 43.7 Å². The third-order valence-electron chi connectivity index (χ3n) is 3.20. The lowest BCUT2D eigenvalue weighted by Crippen LogP contribution is -2.39. The smallest absolute Gasteiger partial charge is 0.332 e. The maximum absolute atomic E-state index is 12.3. The average molecular weight is 320 g/mol. The molecule has 0 radical (unpaired) electrons. The van der Waals surface area contributed by atoms with Crippen LogP contribution in [-0.2, 0) is 14.1 Å². The largest absolute Gasteiger partial charge is 0.384 e. The second-order valence-corrected chi connectivity index (χ2v) is 6.29. The van der Waals surface area contributed by atoms with Gasteiger partial charge in [-0.15, -0.1) is 22.7 Å². The van der Waals surface area contributed by atoms with Crippen LogP contribution in [0.2, 0.25) is 0 Å². The van der Waals surface area contributed by atoms with Crippen molar-refractivity contribution in [2.75, 3.05) is 5.73 Å². The molecule has 0 aliphatic heterocycles. The van der Waals surface area contributed by atoms with Crippen molar-refractivity contribution >= 4 is 28.5 Å². The van der Waals surface area contributed by atoms with Gasteiger partial charge in [-0.25, -0.2) is 9.78 Å². The summed E-state index contributed by atoms with van der Waals surface area (Å²) in [5, 5.41) is 4.58. The van der Waals surface area contributed by atoms with E-state index >= 15 is 0 Å². The second kappa shape index (κ2) is 4.97. The van der Waals surface area contributed by atoms with Crippen molar-refractivity contribution in [2.24, 2.45) is 14.1 Å². The Morgan fingerprint density at radius 1 is 1.19 bits per heavy atom. The number of thiophene rings is 1. The van der Waals surface area contributed by atoms with E-state index in [2.05, 4.69) is 4.98 Å². The highest BCUT2D eigenvalue weighted by atomic mass is 32.1. The molecule has 0 unspecified atom stereocenters. The minimum absolute atomic E-state index is 0.131. The van der Waals surface area contributed by atoms with Gasteiger partial charge < -0.3 is 5.73 Å². The van der Waals surface area contributed by atoms with Crippen molar-refractivity contribution in [3.8, 4) is 21.1 Å². The van der Waals surface area contributed by atoms with Gasteiger partial charge in [0.05, 0.1) is 10.6 Å². The maximum atomic E-state index is 12.3. The maximum Gasteiger partial charge on any atom is 0.332 e. The molecule has 3 aromatic rings. The predicted molar refractivity (Wildman–Crippen MR) is 85.8 cm³/mol. The minimum Gasteiger partial charge on any atom is -0.384 e. The molecule has 8 heteroatoms. The molecule has 0 spiro atoms. The van der Waals surface area contributed by atoms with E-state index in [-0.39, 0.29) is 11.4 Å². The summed E-state index contributed by atoms with van der Waals surface area (Å²) in [7, 11) is 2.97. The Labute approximate surface area is 127 Å². The molecule has 108 valence electrons. The zero-order valence-corrected chi connectivity index (χ0v) is 13.0. The topological polar surface area (TPSA) is 82.9 Å². The Morgan fingerprint density at radius 2 is 1.95 bits per heavy atom. The van der Waals surface area contributed by atoms with Crippen LogP contribution < -0.4 is 17.0 Å². The van der Waals surface area contributed by atoms with Gasteiger partial charge in [0, 0.05) is 19.5 Å². The quantitative estimate of drug-likeness (QED) is 0.776. The van der Waals surface area contributed by atoms with Crippen LogP contribution in [0.4, 0.5) is 5.82 Å². The molecule has 0 saturated heterocycles. The van der Waals surface area contributed by atoms with E-state index in [1.807, 2.05) is 17.5 Å². The summed E-state index contributed by atoms with van der Waals surface area (Å²) < 4.78 is 2.29. The Bertz CT molecular complexity index is 919. The van der Waals surface area contributed by atoms with Crippen molar-refractivity contribution < 1.29 is 0 Å². The highest BCUT2D eigenvalue weighted by Gasteiger charge is 2.18. The first kappa shape index (κ1) is 13.8. The van der Waals surface area contributed by atoms with Crippen LogP contribution >= 0.6 is 22.7 Å². The van der Waals surface area contributed by atoms with Gasteiger partial charge in [0.25, 0.3) is 5.56 Å². The summed E-state index contributed by atoms with van der Waals surface area (Å²) in [6.45, 7) is 0. The van der Waals surface area contributed by atoms with Gasteiger partial charge in [0.15, 0.2) is 0 Å². The van der Waals surface area contributed by atoms with E-state index in [1.54, 1.807) is 16.7 Å². The lowest BCUT2D eigenvalue weighted by atomic mass is 10.2. The van der Waals surface area contributed by atoms with Gasteiger partial charge in [-0.3, -0.25) is 13.9 Å². The number of nitrogens with zero attached hydrogens (tertiary/aromatic N) is 3. The molecule has 3 heterocycles. The van der Waals surface area contributed by atoms with Crippen LogP contribution in [0.25, 0.3) is 21.1 Å². The number of hydrogen-bond donors (Lipinski definition) is 1. The first-order valence-corrected chi connectivity index (χ1v) is 7.82. The number of rotatable bonds is 2. The van der Waals surface area contributed by atoms with E-state index in [1.165, 1.54) is 30.0 Å². The number of anilines is 1. The SMILES string of the molecule is Cn1c(N)c(-c2csc(-c3cccs3)n2)c(=O)n(C)c1=O. The highest BCUT2D eigenvalue weighted by Crippen LogP contribution is 2.31. The van der Waals surface area contributed by atoms with Crippen LogP contribution in [0.3, 0.4) is 0 Å². The summed E-state index contributed by atoms with van der Waals surface area (Å²) in [5.74, 6) is 0.131. The molecule has 3 aromatic heterocycles. The fourth-order valence-electron chi connectivity index (χ4n) is 2.00. The highest BCUT2D eigenvalue weighted by molar-refractivity contribution is 7.20. The van der Waals surface area contributed by atoms with E-state index in [0.717, 1.165) is 14.5 Å². The third-order valence-corrected chi connectivity index (χ3v) is 5.08. The molecule has 2 N–H and O–H groups in total. The summed E-state index contributed by atoms with van der Waals surface area (Å²) in [6.07, 6.45) is 0. The fourth-order valence-corrected chi connectivity index (χ4v) is 3.63. The normalized spacial score (nSPS) is 11.0. The van der Waals surface area contributed by atoms with Gasteiger partial charge >= 0.3 is 5.69 Å². The molecule has 0 atom stereocenters. The van der Waals surface area contributed by atoms with Crippen molar-refractivity contribution in [3.63, 3.8) is 0 Å². The zero-order valence-electron chi connectivity index (χ0n) is 11.4. The lowest BCUT2D eigenvalue weighted by Gasteiger charge is -2.09. The van der Waals surface area contributed by atoms with Gasteiger partial charge in [-0.2, -0.15) is 0 Å². The van der Waals surface area contributed by atoms with Crippen molar-refractivity contribution in [2.45, 2.75) is 0 Å².